The quantitative estimate of drug-likeness (QED) is 0.782. The molecule has 0 radical (unpaired) electrons. The van der Waals surface area contributed by atoms with Crippen molar-refractivity contribution < 1.29 is 14.7 Å². The number of carbonyl (C=O) groups is 2. The fraction of sp³-hybridized carbons (Fsp3) is 0.579. The Bertz CT molecular complexity index is 598. The molecule has 1 aromatic rings. The number of hydrogen-bond acceptors (Lipinski definition) is 3. The predicted molar refractivity (Wildman–Crippen MR) is 93.3 cm³/mol. The Morgan fingerprint density at radius 3 is 2.58 bits per heavy atom. The lowest BCUT2D eigenvalue weighted by atomic mass is 9.89. The molecule has 0 aliphatic carbocycles. The van der Waals surface area contributed by atoms with E-state index in [0.29, 0.717) is 19.5 Å². The molecule has 0 spiro atoms. The minimum Gasteiger partial charge on any atom is -0.396 e. The standard InChI is InChI=1S/C19H28N2O3/c1-14(23)21-12-16-8-5-4-7-15(16)11-17(21)18(24)20-10-6-9-19(2,3)13-22/h4-5,7-8,17,22H,6,9-13H2,1-3H3,(H,20,24). The zero-order valence-corrected chi connectivity index (χ0v) is 14.8. The van der Waals surface area contributed by atoms with Crippen LogP contribution >= 0.6 is 0 Å². The van der Waals surface area contributed by atoms with E-state index in [1.54, 1.807) is 4.90 Å². The summed E-state index contributed by atoms with van der Waals surface area (Å²) in [5, 5.41) is 12.2. The van der Waals surface area contributed by atoms with E-state index in [1.165, 1.54) is 6.92 Å². The van der Waals surface area contributed by atoms with Crippen LogP contribution in [0.2, 0.25) is 0 Å². The van der Waals surface area contributed by atoms with E-state index in [-0.39, 0.29) is 23.8 Å². The Balaban J connectivity index is 1.96. The van der Waals surface area contributed by atoms with Crippen LogP contribution in [-0.2, 0) is 22.6 Å². The smallest absolute Gasteiger partial charge is 0.243 e. The van der Waals surface area contributed by atoms with Gasteiger partial charge in [0, 0.05) is 33.0 Å². The highest BCUT2D eigenvalue weighted by molar-refractivity contribution is 5.87. The topological polar surface area (TPSA) is 69.6 Å². The second-order valence-electron chi connectivity index (χ2n) is 7.35. The summed E-state index contributed by atoms with van der Waals surface area (Å²) < 4.78 is 0. The van der Waals surface area contributed by atoms with Crippen molar-refractivity contribution in [2.24, 2.45) is 5.41 Å². The molecule has 5 heteroatoms. The van der Waals surface area contributed by atoms with Crippen molar-refractivity contribution >= 4 is 11.8 Å². The Labute approximate surface area is 144 Å². The first kappa shape index (κ1) is 18.5. The molecule has 1 heterocycles. The molecule has 1 unspecified atom stereocenters. The number of nitrogens with zero attached hydrogens (tertiary/aromatic N) is 1. The maximum Gasteiger partial charge on any atom is 0.243 e. The first-order chi connectivity index (χ1) is 11.3. The first-order valence-corrected chi connectivity index (χ1v) is 8.56. The third-order valence-electron chi connectivity index (χ3n) is 4.71. The van der Waals surface area contributed by atoms with Crippen LogP contribution in [0.4, 0.5) is 0 Å². The predicted octanol–water partition coefficient (Wildman–Crippen LogP) is 1.87. The van der Waals surface area contributed by atoms with Crippen molar-refractivity contribution in [1.29, 1.82) is 0 Å². The summed E-state index contributed by atoms with van der Waals surface area (Å²) in [7, 11) is 0. The fourth-order valence-corrected chi connectivity index (χ4v) is 3.06. The van der Waals surface area contributed by atoms with E-state index in [4.69, 9.17) is 0 Å². The van der Waals surface area contributed by atoms with E-state index in [1.807, 2.05) is 38.1 Å². The summed E-state index contributed by atoms with van der Waals surface area (Å²) in [5.41, 5.74) is 2.12. The van der Waals surface area contributed by atoms with Gasteiger partial charge in [0.25, 0.3) is 0 Å². The van der Waals surface area contributed by atoms with Gasteiger partial charge in [-0.1, -0.05) is 38.1 Å². The van der Waals surface area contributed by atoms with Crippen LogP contribution in [0.1, 0.15) is 44.7 Å². The Kier molecular flexibility index (Phi) is 5.99. The summed E-state index contributed by atoms with van der Waals surface area (Å²) in [6, 6.07) is 7.52. The van der Waals surface area contributed by atoms with Crippen molar-refractivity contribution in [1.82, 2.24) is 10.2 Å². The maximum atomic E-state index is 12.6. The Morgan fingerprint density at radius 1 is 1.29 bits per heavy atom. The maximum absolute atomic E-state index is 12.6. The fourth-order valence-electron chi connectivity index (χ4n) is 3.06. The SMILES string of the molecule is CC(=O)N1Cc2ccccc2CC1C(=O)NCCCC(C)(C)CO. The molecule has 5 nitrogen and oxygen atoms in total. The average Bonchev–Trinajstić information content (AvgIpc) is 2.57. The number of aliphatic hydroxyl groups is 1. The van der Waals surface area contributed by atoms with Gasteiger partial charge in [0.05, 0.1) is 0 Å². The third-order valence-corrected chi connectivity index (χ3v) is 4.71. The molecule has 24 heavy (non-hydrogen) atoms. The first-order valence-electron chi connectivity index (χ1n) is 8.56. The molecule has 0 aromatic heterocycles. The monoisotopic (exact) mass is 332 g/mol. The van der Waals surface area contributed by atoms with Crippen LogP contribution in [0.15, 0.2) is 24.3 Å². The molecule has 0 saturated carbocycles. The van der Waals surface area contributed by atoms with Gasteiger partial charge >= 0.3 is 0 Å². The lowest BCUT2D eigenvalue weighted by Crippen LogP contribution is -2.52. The van der Waals surface area contributed by atoms with Gasteiger partial charge < -0.3 is 15.3 Å². The molecule has 2 amide bonds. The normalized spacial score (nSPS) is 17.3. The van der Waals surface area contributed by atoms with Crippen LogP contribution in [-0.4, -0.2) is 41.0 Å². The van der Waals surface area contributed by atoms with Crippen molar-refractivity contribution in [3.05, 3.63) is 35.4 Å². The minimum absolute atomic E-state index is 0.0777. The molecule has 1 aliphatic heterocycles. The molecular weight excluding hydrogens is 304 g/mol. The molecule has 0 saturated heterocycles. The molecule has 1 aliphatic rings. The van der Waals surface area contributed by atoms with E-state index >= 15 is 0 Å². The van der Waals surface area contributed by atoms with Gasteiger partial charge in [-0.15, -0.1) is 0 Å². The van der Waals surface area contributed by atoms with E-state index in [2.05, 4.69) is 5.32 Å². The van der Waals surface area contributed by atoms with Crippen LogP contribution in [0.5, 0.6) is 0 Å². The van der Waals surface area contributed by atoms with Crippen molar-refractivity contribution in [2.45, 2.75) is 52.6 Å². The lowest BCUT2D eigenvalue weighted by Gasteiger charge is -2.35. The molecule has 1 atom stereocenters. The van der Waals surface area contributed by atoms with Gasteiger partial charge in [-0.05, 0) is 29.4 Å². The highest BCUT2D eigenvalue weighted by atomic mass is 16.3. The van der Waals surface area contributed by atoms with Crippen LogP contribution in [0.3, 0.4) is 0 Å². The molecular formula is C19H28N2O3. The second kappa shape index (κ2) is 7.79. The Hall–Kier alpha value is -1.88. The van der Waals surface area contributed by atoms with Crippen LogP contribution in [0.25, 0.3) is 0 Å². The minimum atomic E-state index is -0.441. The van der Waals surface area contributed by atoms with Gasteiger partial charge in [-0.25, -0.2) is 0 Å². The number of benzene rings is 1. The van der Waals surface area contributed by atoms with Crippen LogP contribution < -0.4 is 5.32 Å². The summed E-state index contributed by atoms with van der Waals surface area (Å²) in [5.74, 6) is -0.174. The number of aliphatic hydroxyl groups excluding tert-OH is 1. The van der Waals surface area contributed by atoms with Gasteiger partial charge in [0.15, 0.2) is 0 Å². The molecule has 1 aromatic carbocycles. The number of nitrogens with one attached hydrogen (secondary N) is 1. The van der Waals surface area contributed by atoms with Gasteiger partial charge in [0.1, 0.15) is 6.04 Å². The number of carbonyl (C=O) groups excluding carboxylic acids is 2. The summed E-state index contributed by atoms with van der Waals surface area (Å²) >= 11 is 0. The highest BCUT2D eigenvalue weighted by Crippen LogP contribution is 2.24. The molecule has 132 valence electrons. The number of hydrogen-bond donors (Lipinski definition) is 2. The van der Waals surface area contributed by atoms with Gasteiger partial charge in [0.2, 0.25) is 11.8 Å². The van der Waals surface area contributed by atoms with E-state index in [0.717, 1.165) is 24.0 Å². The average molecular weight is 332 g/mol. The molecule has 2 rings (SSSR count). The van der Waals surface area contributed by atoms with Crippen LogP contribution in [0, 0.1) is 5.41 Å². The van der Waals surface area contributed by atoms with Gasteiger partial charge in [-0.2, -0.15) is 0 Å². The number of amides is 2. The van der Waals surface area contributed by atoms with Crippen molar-refractivity contribution in [3.8, 4) is 0 Å². The van der Waals surface area contributed by atoms with Crippen molar-refractivity contribution in [3.63, 3.8) is 0 Å². The largest absolute Gasteiger partial charge is 0.396 e. The number of fused-ring (bicyclic) bond motifs is 1. The molecule has 0 fully saturated rings. The van der Waals surface area contributed by atoms with Crippen molar-refractivity contribution in [2.75, 3.05) is 13.2 Å². The zero-order valence-electron chi connectivity index (χ0n) is 14.8. The lowest BCUT2D eigenvalue weighted by molar-refractivity contribution is -0.140. The number of rotatable bonds is 6. The second-order valence-corrected chi connectivity index (χ2v) is 7.35. The van der Waals surface area contributed by atoms with Gasteiger partial charge in [-0.3, -0.25) is 9.59 Å². The highest BCUT2D eigenvalue weighted by Gasteiger charge is 2.32. The summed E-state index contributed by atoms with van der Waals surface area (Å²) in [6.45, 7) is 6.71. The Morgan fingerprint density at radius 2 is 1.96 bits per heavy atom. The van der Waals surface area contributed by atoms with E-state index in [9.17, 15) is 14.7 Å². The van der Waals surface area contributed by atoms with E-state index < -0.39 is 6.04 Å². The molecule has 0 bridgehead atoms. The molecule has 2 N–H and O–H groups in total. The summed E-state index contributed by atoms with van der Waals surface area (Å²) in [4.78, 5) is 26.2. The third kappa shape index (κ3) is 4.57. The zero-order chi connectivity index (χ0) is 17.7. The summed E-state index contributed by atoms with van der Waals surface area (Å²) in [6.07, 6.45) is 2.21.